The third-order valence-corrected chi connectivity index (χ3v) is 6.70. The Morgan fingerprint density at radius 1 is 0.977 bits per heavy atom. The molecule has 10 heteroatoms. The summed E-state index contributed by atoms with van der Waals surface area (Å²) in [5, 5.41) is 44.3. The number of amides is 1. The predicted octanol–water partition coefficient (Wildman–Crippen LogP) is 4.30. The van der Waals surface area contributed by atoms with E-state index in [-0.39, 0.29) is 85.3 Å². The van der Waals surface area contributed by atoms with Crippen molar-refractivity contribution in [2.24, 2.45) is 0 Å². The number of anilines is 1. The Labute approximate surface area is 286 Å². The molecule has 0 aliphatic carbocycles. The van der Waals surface area contributed by atoms with Crippen molar-refractivity contribution in [3.63, 3.8) is 0 Å². The van der Waals surface area contributed by atoms with Gasteiger partial charge < -0.3 is 35.1 Å². The minimum atomic E-state index is -1.48. The Bertz CT molecular complexity index is 1770. The summed E-state index contributed by atoms with van der Waals surface area (Å²) in [4.78, 5) is 25.2. The first kappa shape index (κ1) is 27.3. The number of aliphatic hydroxyl groups excluding tert-OH is 2. The van der Waals surface area contributed by atoms with E-state index in [9.17, 15) is 34.4 Å². The average Bonchev–Trinajstić information content (AvgIpc) is 3.34. The summed E-state index contributed by atoms with van der Waals surface area (Å²) in [5.41, 5.74) is 0.901. The van der Waals surface area contributed by atoms with Gasteiger partial charge in [-0.25, -0.2) is 4.39 Å². The molecule has 1 heterocycles. The second kappa shape index (κ2) is 15.5. The monoisotopic (exact) mass is 618 g/mol. The van der Waals surface area contributed by atoms with Crippen molar-refractivity contribution in [1.82, 2.24) is 4.57 Å². The predicted molar refractivity (Wildman–Crippen MR) is 162 cm³/mol. The number of aromatic nitrogens is 1. The van der Waals surface area contributed by atoms with Gasteiger partial charge in [0.25, 0.3) is 5.91 Å². The van der Waals surface area contributed by atoms with Crippen LogP contribution in [-0.2, 0) is 11.3 Å². The number of nitrogens with one attached hydrogen (secondary N) is 1. The summed E-state index contributed by atoms with van der Waals surface area (Å²) < 4.78 is 58.3. The second-order valence-electron chi connectivity index (χ2n) is 10.2. The summed E-state index contributed by atoms with van der Waals surface area (Å²) in [6.07, 6.45) is -3.60. The number of hydrogen-bond donors (Lipinski definition) is 4. The Morgan fingerprint density at radius 2 is 1.60 bits per heavy atom. The molecule has 0 radical (unpaired) electrons. The number of benzene rings is 3. The quantitative estimate of drug-likeness (QED) is 0.138. The molecule has 4 N–H and O–H groups in total. The molecule has 1 aromatic heterocycles. The summed E-state index contributed by atoms with van der Waals surface area (Å²) in [6, 6.07) is 7.79. The number of carbonyl (C=O) groups is 2. The van der Waals surface area contributed by atoms with E-state index in [1.807, 2.05) is 0 Å². The molecule has 43 heavy (non-hydrogen) atoms. The molecule has 4 rings (SSSR count). The average molecular weight is 619 g/mol. The fraction of sp³-hybridized carbons (Fsp3) is 0.273. The van der Waals surface area contributed by atoms with E-state index in [2.05, 4.69) is 5.32 Å². The van der Waals surface area contributed by atoms with E-state index in [1.165, 1.54) is 48.5 Å². The molecule has 1 amide bonds. The Balaban J connectivity index is 0.00000625. The number of aromatic hydroxyl groups is 1. The van der Waals surface area contributed by atoms with Crippen molar-refractivity contribution in [1.29, 1.82) is 0 Å². The maximum atomic E-state index is 14.3. The van der Waals surface area contributed by atoms with E-state index >= 15 is 0 Å². The van der Waals surface area contributed by atoms with Crippen LogP contribution in [0, 0.1) is 5.82 Å². The third kappa shape index (κ3) is 8.68. The van der Waals surface area contributed by atoms with Crippen LogP contribution >= 0.6 is 0 Å². The van der Waals surface area contributed by atoms with Gasteiger partial charge in [0, 0.05) is 35.9 Å². The van der Waals surface area contributed by atoms with E-state index in [0.29, 0.717) is 16.9 Å². The molecular weight excluding hydrogens is 579 g/mol. The molecule has 0 saturated carbocycles. The van der Waals surface area contributed by atoms with Crippen LogP contribution in [0.4, 0.5) is 10.1 Å². The van der Waals surface area contributed by atoms with Crippen molar-refractivity contribution in [2.45, 2.75) is 57.8 Å². The number of halogens is 1. The summed E-state index contributed by atoms with van der Waals surface area (Å²) in [6.45, 7) is 3.53. The zero-order valence-corrected chi connectivity index (χ0v) is 26.0. The van der Waals surface area contributed by atoms with E-state index in [1.54, 1.807) is 18.4 Å². The molecule has 8 nitrogen and oxygen atoms in total. The van der Waals surface area contributed by atoms with Crippen molar-refractivity contribution < 1.29 is 41.3 Å². The largest absolute Gasteiger partial charge is 2.00 e. The fourth-order valence-corrected chi connectivity index (χ4v) is 4.95. The molecule has 0 spiro atoms. The van der Waals surface area contributed by atoms with E-state index in [0.717, 1.165) is 0 Å². The van der Waals surface area contributed by atoms with Crippen molar-refractivity contribution in [2.75, 3.05) is 5.32 Å². The van der Waals surface area contributed by atoms with Gasteiger partial charge in [-0.1, -0.05) is 44.1 Å². The van der Waals surface area contributed by atoms with Gasteiger partial charge in [0.2, 0.25) is 0 Å². The smallest absolute Gasteiger partial charge is 0.550 e. The van der Waals surface area contributed by atoms with E-state index < -0.39 is 72.5 Å². The van der Waals surface area contributed by atoms with Crippen molar-refractivity contribution in [3.8, 4) is 28.1 Å². The van der Waals surface area contributed by atoms with Crippen LogP contribution in [0.3, 0.4) is 0 Å². The summed E-state index contributed by atoms with van der Waals surface area (Å²) >= 11 is 0. The van der Waals surface area contributed by atoms with Gasteiger partial charge >= 0.3 is 37.7 Å². The van der Waals surface area contributed by atoms with Crippen molar-refractivity contribution in [3.05, 3.63) is 95.8 Å². The van der Waals surface area contributed by atoms with Gasteiger partial charge in [0.1, 0.15) is 11.6 Å². The van der Waals surface area contributed by atoms with Crippen LogP contribution in [0.2, 0.25) is 0 Å². The van der Waals surface area contributed by atoms with Crippen molar-refractivity contribution >= 4 is 55.3 Å². The maximum absolute atomic E-state index is 14.3. The molecule has 0 saturated heterocycles. The Kier molecular flexibility index (Phi) is 9.85. The van der Waals surface area contributed by atoms with Gasteiger partial charge in [-0.2, -0.15) is 0 Å². The first-order valence-corrected chi connectivity index (χ1v) is 13.4. The number of aliphatic hydroxyl groups is 2. The van der Waals surface area contributed by atoms with Gasteiger partial charge in [0.15, 0.2) is 0 Å². The first-order valence-electron chi connectivity index (χ1n) is 15.9. The number of rotatable bonds is 12. The summed E-state index contributed by atoms with van der Waals surface area (Å²) in [7, 11) is 0. The van der Waals surface area contributed by atoms with Crippen LogP contribution < -0.4 is 10.4 Å². The minimum absolute atomic E-state index is 0. The van der Waals surface area contributed by atoms with Gasteiger partial charge in [-0.3, -0.25) is 4.79 Å². The van der Waals surface area contributed by atoms with Crippen LogP contribution in [0.15, 0.2) is 78.7 Å². The number of carboxylic acid groups (broad SMARTS) is 1. The zero-order chi connectivity index (χ0) is 34.7. The number of hydrogen-bond acceptors (Lipinski definition) is 6. The normalized spacial score (nSPS) is 14.0. The Morgan fingerprint density at radius 3 is 2.19 bits per heavy atom. The minimum Gasteiger partial charge on any atom is -0.550 e. The topological polar surface area (TPSA) is 135 Å². The second-order valence-corrected chi connectivity index (χ2v) is 10.2. The number of carbonyl (C=O) groups excluding carboxylic acids is 2. The number of nitrogens with zero attached hydrogens (tertiary/aromatic N) is 1. The number of aliphatic carboxylic acids is 1. The van der Waals surface area contributed by atoms with Gasteiger partial charge in [0.05, 0.1) is 30.3 Å². The number of phenols is 1. The zero-order valence-electron chi connectivity index (χ0n) is 28.8. The molecule has 4 aromatic rings. The molecule has 0 fully saturated rings. The number of phenolic OH excluding ortho intramolecular Hbond substituents is 1. The molecule has 0 unspecified atom stereocenters. The molecule has 2 atom stereocenters. The molecule has 0 bridgehead atoms. The van der Waals surface area contributed by atoms with Crippen LogP contribution in [-0.4, -0.2) is 81.7 Å². The van der Waals surface area contributed by atoms with E-state index in [4.69, 9.17) is 6.85 Å². The van der Waals surface area contributed by atoms with Crippen LogP contribution in [0.25, 0.3) is 22.4 Å². The van der Waals surface area contributed by atoms with Crippen LogP contribution in [0.1, 0.15) is 61.9 Å². The molecular formula is C33H34CaFN2O6+. The Hall–Kier alpha value is -3.21. The van der Waals surface area contributed by atoms with Crippen LogP contribution in [0.5, 0.6) is 5.75 Å². The fourth-order valence-electron chi connectivity index (χ4n) is 4.95. The third-order valence-electron chi connectivity index (χ3n) is 6.70. The SMILES string of the molecule is [2H]c1c([2H])c([2H])c(-c2c(C(=O)Nc3ccc(O)cc3)c(C(C)C)n(CC[C@@H](O)C[C@@H](O)CC(=O)[O-])c2-c2ccc(F)cc2)c([2H])c1[2H].[Ca+2]. The summed E-state index contributed by atoms with van der Waals surface area (Å²) in [5.74, 6) is -3.23. The number of carboxylic acids is 1. The molecule has 220 valence electrons. The van der Waals surface area contributed by atoms with Gasteiger partial charge in [-0.15, -0.1) is 0 Å². The standard InChI is InChI=1S/C33H35FN2O6.Ca/c1-20(2)31-30(33(42)35-24-12-14-25(37)15-13-24)29(21-6-4-3-5-7-21)32(22-8-10-23(34)11-9-22)36(31)17-16-26(38)18-27(39)19-28(40)41;/h3-15,20,26-27,37-39H,16-19H2,1-2H3,(H,35,42)(H,40,41);/q;+2/p-1/t26-,27-;/m1./s1/i3D,4D,5D,6D,7D;. The first-order chi connectivity index (χ1) is 22.1. The molecule has 0 aliphatic rings. The van der Waals surface area contributed by atoms with Gasteiger partial charge in [-0.05, 0) is 78.4 Å². The maximum Gasteiger partial charge on any atom is 2.00 e. The molecule has 3 aromatic carbocycles. The molecule has 0 aliphatic heterocycles.